The second kappa shape index (κ2) is 7.14. The molecular weight excluding hydrogens is 380 g/mol. The maximum absolute atomic E-state index is 12.6. The van der Waals surface area contributed by atoms with Crippen LogP contribution in [-0.4, -0.2) is 58.8 Å². The van der Waals surface area contributed by atoms with Crippen molar-refractivity contribution in [1.29, 1.82) is 0 Å². The number of alkyl halides is 2. The molecule has 0 aromatic carbocycles. The number of likely N-dealkylation sites (tertiary alicyclic amines) is 1. The minimum atomic E-state index is -2.96. The van der Waals surface area contributed by atoms with E-state index in [1.54, 1.807) is 0 Å². The van der Waals surface area contributed by atoms with Crippen LogP contribution in [0.5, 0.6) is 5.75 Å². The molecule has 3 aliphatic rings. The van der Waals surface area contributed by atoms with Crippen LogP contribution in [0.3, 0.4) is 0 Å². The highest BCUT2D eigenvalue weighted by Gasteiger charge is 2.58. The van der Waals surface area contributed by atoms with Gasteiger partial charge in [0.2, 0.25) is 0 Å². The van der Waals surface area contributed by atoms with Crippen LogP contribution in [-0.2, 0) is 11.2 Å². The van der Waals surface area contributed by atoms with E-state index in [9.17, 15) is 8.78 Å². The lowest BCUT2D eigenvalue weighted by molar-refractivity contribution is -0.0610. The third-order valence-corrected chi connectivity index (χ3v) is 6.20. The third-order valence-electron chi connectivity index (χ3n) is 6.20. The van der Waals surface area contributed by atoms with Crippen LogP contribution in [0, 0.1) is 11.8 Å². The minimum Gasteiger partial charge on any atom is -0.431 e. The Bertz CT molecular complexity index is 912. The van der Waals surface area contributed by atoms with Crippen molar-refractivity contribution in [3.05, 3.63) is 29.8 Å². The summed E-state index contributed by atoms with van der Waals surface area (Å²) in [5.41, 5.74) is 7.94. The van der Waals surface area contributed by atoms with Crippen LogP contribution >= 0.6 is 0 Å². The zero-order chi connectivity index (χ0) is 20.1. The van der Waals surface area contributed by atoms with E-state index in [1.807, 2.05) is 13.0 Å². The Hall–Kier alpha value is -2.39. The molecule has 0 bridgehead atoms. The Morgan fingerprint density at radius 1 is 1.24 bits per heavy atom. The normalized spacial score (nSPS) is 26.4. The number of anilines is 1. The Balaban J connectivity index is 1.40. The van der Waals surface area contributed by atoms with Crippen molar-refractivity contribution in [3.8, 4) is 17.0 Å². The highest BCUT2D eigenvalue weighted by atomic mass is 19.3. The first-order valence-corrected chi connectivity index (χ1v) is 9.93. The molecule has 154 valence electrons. The van der Waals surface area contributed by atoms with E-state index in [1.165, 1.54) is 12.3 Å². The minimum absolute atomic E-state index is 0.0733. The zero-order valence-corrected chi connectivity index (χ0v) is 16.1. The maximum atomic E-state index is 12.6. The Labute approximate surface area is 167 Å². The molecule has 2 saturated heterocycles. The second-order valence-corrected chi connectivity index (χ2v) is 7.93. The summed E-state index contributed by atoms with van der Waals surface area (Å²) in [4.78, 5) is 15.9. The molecule has 2 aromatic heterocycles. The molecule has 0 radical (unpaired) electrons. The number of halogens is 2. The van der Waals surface area contributed by atoms with Gasteiger partial charge in [0.05, 0.1) is 24.9 Å². The molecule has 0 amide bonds. The molecule has 2 N–H and O–H groups in total. The standard InChI is InChI=1S/C20H23F2N5O2/c1-2-17-25-14(10-3-16(29-20(21)22)19(23)24-5-10)4-15(26-17)18-12-6-27(7-13(12)18)11-8-28-9-11/h3-5,11-13,18,20H,2,6-9H2,1H3,(H2,23,24). The molecule has 29 heavy (non-hydrogen) atoms. The van der Waals surface area contributed by atoms with Crippen molar-refractivity contribution in [1.82, 2.24) is 19.9 Å². The maximum Gasteiger partial charge on any atom is 0.387 e. The molecule has 1 aliphatic carbocycles. The highest BCUT2D eigenvalue weighted by molar-refractivity contribution is 5.64. The largest absolute Gasteiger partial charge is 0.431 e. The topological polar surface area (TPSA) is 86.4 Å². The van der Waals surface area contributed by atoms with Gasteiger partial charge in [-0.25, -0.2) is 15.0 Å². The highest BCUT2D eigenvalue weighted by Crippen LogP contribution is 2.58. The molecule has 2 aromatic rings. The number of fused-ring (bicyclic) bond motifs is 1. The second-order valence-electron chi connectivity index (χ2n) is 7.93. The van der Waals surface area contributed by atoms with Gasteiger partial charge in [-0.15, -0.1) is 0 Å². The van der Waals surface area contributed by atoms with Gasteiger partial charge in [0.15, 0.2) is 11.6 Å². The van der Waals surface area contributed by atoms with Crippen molar-refractivity contribution in [2.24, 2.45) is 11.8 Å². The number of pyridine rings is 1. The van der Waals surface area contributed by atoms with Crippen molar-refractivity contribution >= 4 is 5.82 Å². The fraction of sp³-hybridized carbons (Fsp3) is 0.550. The number of hydrogen-bond acceptors (Lipinski definition) is 7. The van der Waals surface area contributed by atoms with Gasteiger partial charge in [0.25, 0.3) is 0 Å². The average molecular weight is 403 g/mol. The first kappa shape index (κ1) is 18.6. The van der Waals surface area contributed by atoms with Crippen molar-refractivity contribution in [3.63, 3.8) is 0 Å². The fourth-order valence-corrected chi connectivity index (χ4v) is 4.51. The number of aryl methyl sites for hydroxylation is 1. The van der Waals surface area contributed by atoms with Gasteiger partial charge in [-0.05, 0) is 24.0 Å². The summed E-state index contributed by atoms with van der Waals surface area (Å²) in [5, 5.41) is 0. The quantitative estimate of drug-likeness (QED) is 0.792. The van der Waals surface area contributed by atoms with E-state index in [0.717, 1.165) is 37.8 Å². The number of piperidine rings is 1. The molecule has 0 spiro atoms. The van der Waals surface area contributed by atoms with Gasteiger partial charge in [-0.2, -0.15) is 8.78 Å². The number of hydrogen-bond donors (Lipinski definition) is 1. The summed E-state index contributed by atoms with van der Waals surface area (Å²) in [6, 6.07) is 3.99. The van der Waals surface area contributed by atoms with Crippen LogP contribution in [0.4, 0.5) is 14.6 Å². The average Bonchev–Trinajstić information content (AvgIpc) is 3.16. The lowest BCUT2D eigenvalue weighted by atomic mass is 10.1. The summed E-state index contributed by atoms with van der Waals surface area (Å²) >= 11 is 0. The lowest BCUT2D eigenvalue weighted by Crippen LogP contribution is -2.48. The third kappa shape index (κ3) is 3.42. The summed E-state index contributed by atoms with van der Waals surface area (Å²) in [6.45, 7) is 2.89. The summed E-state index contributed by atoms with van der Waals surface area (Å²) in [5.74, 6) is 2.18. The first-order valence-electron chi connectivity index (χ1n) is 9.93. The molecule has 4 heterocycles. The van der Waals surface area contributed by atoms with Crippen LogP contribution in [0.25, 0.3) is 11.3 Å². The molecule has 2 atom stereocenters. The van der Waals surface area contributed by atoms with Gasteiger partial charge in [0.1, 0.15) is 5.82 Å². The zero-order valence-electron chi connectivity index (χ0n) is 16.1. The van der Waals surface area contributed by atoms with Crippen LogP contribution < -0.4 is 10.5 Å². The molecule has 1 saturated carbocycles. The molecular formula is C20H23F2N5O2. The van der Waals surface area contributed by atoms with E-state index >= 15 is 0 Å². The molecule has 2 unspecified atom stereocenters. The number of rotatable bonds is 6. The Morgan fingerprint density at radius 3 is 2.62 bits per heavy atom. The molecule has 9 heteroatoms. The summed E-state index contributed by atoms with van der Waals surface area (Å²) in [7, 11) is 0. The lowest BCUT2D eigenvalue weighted by Gasteiger charge is -2.35. The van der Waals surface area contributed by atoms with E-state index in [0.29, 0.717) is 41.5 Å². The number of ether oxygens (including phenoxy) is 2. The monoisotopic (exact) mass is 403 g/mol. The number of nitrogens with two attached hydrogens (primary N) is 1. The number of aromatic nitrogens is 3. The molecule has 3 fully saturated rings. The first-order chi connectivity index (χ1) is 14.0. The smallest absolute Gasteiger partial charge is 0.387 e. The Morgan fingerprint density at radius 2 is 2.00 bits per heavy atom. The van der Waals surface area contributed by atoms with Gasteiger partial charge in [-0.3, -0.25) is 4.90 Å². The van der Waals surface area contributed by atoms with Crippen molar-refractivity contribution in [2.45, 2.75) is 31.9 Å². The predicted molar refractivity (Wildman–Crippen MR) is 102 cm³/mol. The Kier molecular flexibility index (Phi) is 4.59. The SMILES string of the molecule is CCc1nc(-c2cnc(N)c(OC(F)F)c2)cc(C2C3CN(C4COC4)CC32)n1. The van der Waals surface area contributed by atoms with Crippen molar-refractivity contribution in [2.75, 3.05) is 32.0 Å². The summed E-state index contributed by atoms with van der Waals surface area (Å²) < 4.78 is 35.1. The van der Waals surface area contributed by atoms with E-state index < -0.39 is 6.61 Å². The molecule has 5 rings (SSSR count). The summed E-state index contributed by atoms with van der Waals surface area (Å²) in [6.07, 6.45) is 2.22. The van der Waals surface area contributed by atoms with Gasteiger partial charge in [0, 0.05) is 42.9 Å². The van der Waals surface area contributed by atoms with Crippen LogP contribution in [0.1, 0.15) is 24.4 Å². The van der Waals surface area contributed by atoms with Crippen LogP contribution in [0.15, 0.2) is 18.3 Å². The molecule has 7 nitrogen and oxygen atoms in total. The van der Waals surface area contributed by atoms with Crippen LogP contribution in [0.2, 0.25) is 0 Å². The van der Waals surface area contributed by atoms with E-state index in [-0.39, 0.29) is 11.6 Å². The fourth-order valence-electron chi connectivity index (χ4n) is 4.51. The van der Waals surface area contributed by atoms with E-state index in [4.69, 9.17) is 15.5 Å². The number of nitrogen functional groups attached to an aromatic ring is 1. The van der Waals surface area contributed by atoms with Gasteiger partial charge >= 0.3 is 6.61 Å². The van der Waals surface area contributed by atoms with Gasteiger partial charge in [-0.1, -0.05) is 6.92 Å². The number of nitrogens with zero attached hydrogens (tertiary/aromatic N) is 4. The predicted octanol–water partition coefficient (Wildman–Crippen LogP) is 2.33. The van der Waals surface area contributed by atoms with E-state index in [2.05, 4.69) is 19.6 Å². The molecule has 2 aliphatic heterocycles. The van der Waals surface area contributed by atoms with Gasteiger partial charge < -0.3 is 15.2 Å². The van der Waals surface area contributed by atoms with Crippen molar-refractivity contribution < 1.29 is 18.3 Å².